The molecule has 0 saturated carbocycles. The average Bonchev–Trinajstić information content (AvgIpc) is 2.99. The monoisotopic (exact) mass is 333 g/mol. The van der Waals surface area contributed by atoms with Crippen molar-refractivity contribution in [1.29, 1.82) is 0 Å². The summed E-state index contributed by atoms with van der Waals surface area (Å²) >= 11 is 0.719. The SMILES string of the molecule is Cc1ccc(C)c(C(=O)[C@H](C)OC(=O)c2ccc([N+](=O)[O-])s2)c1. The number of esters is 1. The minimum atomic E-state index is -0.968. The van der Waals surface area contributed by atoms with Gasteiger partial charge in [0, 0.05) is 11.6 Å². The zero-order valence-electron chi connectivity index (χ0n) is 12.9. The Bertz CT molecular complexity index is 781. The second kappa shape index (κ2) is 6.70. The Morgan fingerprint density at radius 3 is 2.52 bits per heavy atom. The molecule has 0 spiro atoms. The molecule has 2 rings (SSSR count). The molecule has 0 unspecified atom stereocenters. The molecule has 2 aromatic rings. The largest absolute Gasteiger partial charge is 0.450 e. The Morgan fingerprint density at radius 2 is 1.91 bits per heavy atom. The topological polar surface area (TPSA) is 86.5 Å². The van der Waals surface area contributed by atoms with Crippen molar-refractivity contribution >= 4 is 28.1 Å². The third-order valence-corrected chi connectivity index (χ3v) is 4.30. The summed E-state index contributed by atoms with van der Waals surface area (Å²) in [7, 11) is 0. The van der Waals surface area contributed by atoms with Gasteiger partial charge in [-0.3, -0.25) is 14.9 Å². The van der Waals surface area contributed by atoms with Crippen LogP contribution in [0.1, 0.15) is 38.1 Å². The summed E-state index contributed by atoms with van der Waals surface area (Å²) in [6, 6.07) is 8.03. The first-order valence-corrected chi connectivity index (χ1v) is 7.68. The molecule has 0 bridgehead atoms. The van der Waals surface area contributed by atoms with Crippen LogP contribution in [0.3, 0.4) is 0 Å². The van der Waals surface area contributed by atoms with Gasteiger partial charge in [-0.1, -0.05) is 29.0 Å². The number of benzene rings is 1. The number of rotatable bonds is 5. The number of ether oxygens (including phenoxy) is 1. The van der Waals surface area contributed by atoms with Gasteiger partial charge in [0.25, 0.3) is 0 Å². The van der Waals surface area contributed by atoms with Crippen molar-refractivity contribution in [3.8, 4) is 0 Å². The van der Waals surface area contributed by atoms with Gasteiger partial charge < -0.3 is 4.74 Å². The summed E-state index contributed by atoms with van der Waals surface area (Å²) in [4.78, 5) is 34.6. The standard InChI is InChI=1S/C16H15NO5S/c1-9-4-5-10(2)12(8-9)15(18)11(3)22-16(19)13-6-7-14(23-13)17(20)21/h4-8,11H,1-3H3/t11-/m0/s1. The number of carbonyl (C=O) groups is 2. The molecule has 1 heterocycles. The van der Waals surface area contributed by atoms with Crippen LogP contribution >= 0.6 is 11.3 Å². The number of nitro groups is 1. The van der Waals surface area contributed by atoms with E-state index in [9.17, 15) is 19.7 Å². The zero-order chi connectivity index (χ0) is 17.1. The Labute approximate surface area is 136 Å². The van der Waals surface area contributed by atoms with Crippen LogP contribution in [0, 0.1) is 24.0 Å². The molecule has 0 aliphatic heterocycles. The summed E-state index contributed by atoms with van der Waals surface area (Å²) in [6.07, 6.45) is -0.968. The molecule has 7 heteroatoms. The van der Waals surface area contributed by atoms with Gasteiger partial charge in [-0.2, -0.15) is 0 Å². The molecule has 1 aromatic heterocycles. The maximum absolute atomic E-state index is 12.4. The third-order valence-electron chi connectivity index (χ3n) is 3.28. The van der Waals surface area contributed by atoms with E-state index in [0.29, 0.717) is 5.56 Å². The first-order valence-electron chi connectivity index (χ1n) is 6.86. The molecule has 0 N–H and O–H groups in total. The van der Waals surface area contributed by atoms with Gasteiger partial charge in [0.2, 0.25) is 5.78 Å². The first kappa shape index (κ1) is 16.8. The Hall–Kier alpha value is -2.54. The maximum atomic E-state index is 12.4. The summed E-state index contributed by atoms with van der Waals surface area (Å²) in [5, 5.41) is 10.5. The summed E-state index contributed by atoms with van der Waals surface area (Å²) in [5.74, 6) is -1.04. The van der Waals surface area contributed by atoms with Gasteiger partial charge >= 0.3 is 11.0 Å². The van der Waals surface area contributed by atoms with Gasteiger partial charge in [0.1, 0.15) is 4.88 Å². The number of carbonyl (C=O) groups excluding carboxylic acids is 2. The van der Waals surface area contributed by atoms with Crippen molar-refractivity contribution in [3.05, 3.63) is 62.0 Å². The molecule has 23 heavy (non-hydrogen) atoms. The number of nitrogens with zero attached hydrogens (tertiary/aromatic N) is 1. The Balaban J connectivity index is 2.12. The minimum absolute atomic E-state index is 0.0947. The van der Waals surface area contributed by atoms with Gasteiger partial charge in [0.05, 0.1) is 4.92 Å². The molecule has 120 valence electrons. The fraction of sp³-hybridized carbons (Fsp3) is 0.250. The number of hydrogen-bond donors (Lipinski definition) is 0. The lowest BCUT2D eigenvalue weighted by atomic mass is 9.99. The van der Waals surface area contributed by atoms with Crippen LogP contribution in [0.15, 0.2) is 30.3 Å². The van der Waals surface area contributed by atoms with Crippen LogP contribution in [0.25, 0.3) is 0 Å². The molecule has 1 aromatic carbocycles. The van der Waals surface area contributed by atoms with E-state index >= 15 is 0 Å². The summed E-state index contributed by atoms with van der Waals surface area (Å²) in [6.45, 7) is 5.17. The van der Waals surface area contributed by atoms with Crippen molar-refractivity contribution in [2.75, 3.05) is 0 Å². The summed E-state index contributed by atoms with van der Waals surface area (Å²) in [5.41, 5.74) is 2.24. The van der Waals surface area contributed by atoms with Crippen molar-refractivity contribution in [2.24, 2.45) is 0 Å². The van der Waals surface area contributed by atoms with Crippen LogP contribution < -0.4 is 0 Å². The van der Waals surface area contributed by atoms with Gasteiger partial charge in [0.15, 0.2) is 6.10 Å². The lowest BCUT2D eigenvalue weighted by Gasteiger charge is -2.13. The lowest BCUT2D eigenvalue weighted by Crippen LogP contribution is -2.24. The first-order chi connectivity index (χ1) is 10.8. The van der Waals surface area contributed by atoms with Crippen LogP contribution in [-0.2, 0) is 4.74 Å². The molecule has 0 radical (unpaired) electrons. The molecule has 0 aliphatic rings. The van der Waals surface area contributed by atoms with Crippen molar-refractivity contribution in [2.45, 2.75) is 26.9 Å². The normalized spacial score (nSPS) is 11.8. The minimum Gasteiger partial charge on any atom is -0.450 e. The van der Waals surface area contributed by atoms with E-state index < -0.39 is 17.0 Å². The van der Waals surface area contributed by atoms with Crippen molar-refractivity contribution in [3.63, 3.8) is 0 Å². The number of Topliss-reactive ketones (excluding diaryl/α,β-unsaturated/α-hetero) is 1. The number of aryl methyl sites for hydroxylation is 2. The quantitative estimate of drug-likeness (QED) is 0.360. The van der Waals surface area contributed by atoms with Gasteiger partial charge in [-0.05, 0) is 38.5 Å². The second-order valence-electron chi connectivity index (χ2n) is 5.13. The molecule has 0 aliphatic carbocycles. The molecular formula is C16H15NO5S. The van der Waals surface area contributed by atoms with Crippen LogP contribution in [0.2, 0.25) is 0 Å². The third kappa shape index (κ3) is 3.81. The molecule has 0 fully saturated rings. The highest BCUT2D eigenvalue weighted by atomic mass is 32.1. The van der Waals surface area contributed by atoms with Gasteiger partial charge in [-0.25, -0.2) is 4.79 Å². The van der Waals surface area contributed by atoms with E-state index in [-0.39, 0.29) is 15.7 Å². The molecular weight excluding hydrogens is 318 g/mol. The Kier molecular flexibility index (Phi) is 4.90. The molecule has 0 saturated heterocycles. The van der Waals surface area contributed by atoms with E-state index in [4.69, 9.17) is 4.74 Å². The summed E-state index contributed by atoms with van der Waals surface area (Å²) < 4.78 is 5.14. The maximum Gasteiger partial charge on any atom is 0.349 e. The molecule has 6 nitrogen and oxygen atoms in total. The van der Waals surface area contributed by atoms with Crippen molar-refractivity contribution in [1.82, 2.24) is 0 Å². The Morgan fingerprint density at radius 1 is 1.22 bits per heavy atom. The van der Waals surface area contributed by atoms with E-state index in [2.05, 4.69) is 0 Å². The fourth-order valence-corrected chi connectivity index (χ4v) is 2.73. The highest BCUT2D eigenvalue weighted by Crippen LogP contribution is 2.25. The average molecular weight is 333 g/mol. The molecule has 1 atom stereocenters. The lowest BCUT2D eigenvalue weighted by molar-refractivity contribution is -0.380. The highest BCUT2D eigenvalue weighted by Gasteiger charge is 2.24. The van der Waals surface area contributed by atoms with E-state index in [1.807, 2.05) is 26.0 Å². The van der Waals surface area contributed by atoms with E-state index in [0.717, 1.165) is 22.5 Å². The van der Waals surface area contributed by atoms with Crippen LogP contribution in [-0.4, -0.2) is 22.8 Å². The fourth-order valence-electron chi connectivity index (χ4n) is 2.03. The smallest absolute Gasteiger partial charge is 0.349 e. The number of thiophene rings is 1. The van der Waals surface area contributed by atoms with Crippen molar-refractivity contribution < 1.29 is 19.2 Å². The van der Waals surface area contributed by atoms with E-state index in [1.165, 1.54) is 19.1 Å². The van der Waals surface area contributed by atoms with E-state index in [1.54, 1.807) is 6.07 Å². The predicted octanol–water partition coefficient (Wildman–Crippen LogP) is 3.70. The predicted molar refractivity (Wildman–Crippen MR) is 86.1 cm³/mol. The van der Waals surface area contributed by atoms with Gasteiger partial charge in [-0.15, -0.1) is 0 Å². The van der Waals surface area contributed by atoms with Crippen LogP contribution in [0.4, 0.5) is 5.00 Å². The number of hydrogen-bond acceptors (Lipinski definition) is 6. The van der Waals surface area contributed by atoms with Crippen LogP contribution in [0.5, 0.6) is 0 Å². The second-order valence-corrected chi connectivity index (χ2v) is 6.19. The molecule has 0 amide bonds. The number of ketones is 1. The highest BCUT2D eigenvalue weighted by molar-refractivity contribution is 7.17. The zero-order valence-corrected chi connectivity index (χ0v) is 13.7.